The molecule has 1 aliphatic rings. The van der Waals surface area contributed by atoms with Gasteiger partial charge < -0.3 is 0 Å². The number of hydrazone groups is 1. The Morgan fingerprint density at radius 3 is 2.10 bits per heavy atom. The van der Waals surface area contributed by atoms with Gasteiger partial charge in [-0.15, -0.1) is 0 Å². The van der Waals surface area contributed by atoms with Crippen LogP contribution in [0.15, 0.2) is 17.3 Å². The molecule has 1 atom stereocenters. The van der Waals surface area contributed by atoms with E-state index in [1.165, 1.54) is 6.21 Å². The lowest BCUT2D eigenvalue weighted by Gasteiger charge is -2.12. The average Bonchev–Trinajstić information content (AvgIpc) is 2.48. The van der Waals surface area contributed by atoms with E-state index in [9.17, 15) is 22.0 Å². The van der Waals surface area contributed by atoms with Crippen LogP contribution in [0.3, 0.4) is 0 Å². The maximum Gasteiger partial charge on any atom is 0.200 e. The average molecular weight is 290 g/mol. The van der Waals surface area contributed by atoms with E-state index in [1.807, 2.05) is 17.6 Å². The lowest BCUT2D eigenvalue weighted by Crippen LogP contribution is -2.09. The van der Waals surface area contributed by atoms with Crippen LogP contribution in [0, 0.1) is 35.0 Å². The van der Waals surface area contributed by atoms with Crippen molar-refractivity contribution in [3.05, 3.63) is 41.2 Å². The van der Waals surface area contributed by atoms with E-state index in [4.69, 9.17) is 0 Å². The fourth-order valence-corrected chi connectivity index (χ4v) is 1.86. The Morgan fingerprint density at radius 1 is 0.950 bits per heavy atom. The van der Waals surface area contributed by atoms with E-state index in [2.05, 4.69) is 5.10 Å². The van der Waals surface area contributed by atoms with Gasteiger partial charge in [-0.2, -0.15) is 5.10 Å². The van der Waals surface area contributed by atoms with Crippen LogP contribution in [-0.2, 0) is 0 Å². The number of anilines is 1. The lowest BCUT2D eigenvalue weighted by molar-refractivity contribution is 0.381. The van der Waals surface area contributed by atoms with Crippen LogP contribution < -0.4 is 5.43 Å². The number of halogens is 5. The summed E-state index contributed by atoms with van der Waals surface area (Å²) >= 11 is 0. The molecule has 0 heterocycles. The van der Waals surface area contributed by atoms with Crippen LogP contribution in [0.25, 0.3) is 0 Å². The van der Waals surface area contributed by atoms with Crippen molar-refractivity contribution >= 4 is 11.9 Å². The highest BCUT2D eigenvalue weighted by atomic mass is 19.2. The van der Waals surface area contributed by atoms with Gasteiger partial charge in [-0.25, -0.2) is 22.0 Å². The molecule has 108 valence electrons. The molecule has 20 heavy (non-hydrogen) atoms. The van der Waals surface area contributed by atoms with Gasteiger partial charge in [0.2, 0.25) is 5.82 Å². The molecule has 1 aromatic rings. The van der Waals surface area contributed by atoms with E-state index < -0.39 is 34.8 Å². The minimum absolute atomic E-state index is 0.0776. The van der Waals surface area contributed by atoms with Gasteiger partial charge in [0.1, 0.15) is 5.69 Å². The van der Waals surface area contributed by atoms with Crippen molar-refractivity contribution in [3.63, 3.8) is 0 Å². The first-order valence-electron chi connectivity index (χ1n) is 5.98. The Bertz CT molecular complexity index is 539. The number of allylic oxidation sites excluding steroid dienone is 2. The van der Waals surface area contributed by atoms with E-state index in [1.54, 1.807) is 0 Å². The second-order valence-corrected chi connectivity index (χ2v) is 4.38. The Hall–Kier alpha value is -1.92. The maximum absolute atomic E-state index is 13.3. The molecule has 0 bridgehead atoms. The molecule has 0 radical (unpaired) electrons. The highest BCUT2D eigenvalue weighted by Gasteiger charge is 2.25. The molecule has 0 aromatic heterocycles. The van der Waals surface area contributed by atoms with Crippen molar-refractivity contribution in [2.24, 2.45) is 11.0 Å². The van der Waals surface area contributed by atoms with Gasteiger partial charge in [-0.1, -0.05) is 12.2 Å². The monoisotopic (exact) mass is 290 g/mol. The topological polar surface area (TPSA) is 24.4 Å². The third-order valence-electron chi connectivity index (χ3n) is 2.98. The van der Waals surface area contributed by atoms with E-state index in [0.29, 0.717) is 0 Å². The van der Waals surface area contributed by atoms with Crippen LogP contribution in [0.4, 0.5) is 27.6 Å². The first kappa shape index (κ1) is 14.5. The maximum atomic E-state index is 13.3. The first-order chi connectivity index (χ1) is 9.52. The summed E-state index contributed by atoms with van der Waals surface area (Å²) < 4.78 is 65.3. The molecule has 0 amide bonds. The summed E-state index contributed by atoms with van der Waals surface area (Å²) in [7, 11) is 0. The van der Waals surface area contributed by atoms with Crippen LogP contribution in [0.5, 0.6) is 0 Å². The highest BCUT2D eigenvalue weighted by molar-refractivity contribution is 5.63. The summed E-state index contributed by atoms with van der Waals surface area (Å²) in [6.07, 6.45) is 7.75. The highest BCUT2D eigenvalue weighted by Crippen LogP contribution is 2.27. The predicted octanol–water partition coefficient (Wildman–Crippen LogP) is 4.14. The van der Waals surface area contributed by atoms with Crippen molar-refractivity contribution in [3.8, 4) is 0 Å². The number of rotatable bonds is 3. The first-order valence-corrected chi connectivity index (χ1v) is 5.98. The molecular weight excluding hydrogens is 279 g/mol. The molecule has 1 N–H and O–H groups in total. The molecule has 0 saturated heterocycles. The van der Waals surface area contributed by atoms with Gasteiger partial charge >= 0.3 is 0 Å². The van der Waals surface area contributed by atoms with E-state index >= 15 is 0 Å². The largest absolute Gasteiger partial charge is 0.273 e. The zero-order valence-electron chi connectivity index (χ0n) is 10.3. The molecule has 0 aliphatic heterocycles. The summed E-state index contributed by atoms with van der Waals surface area (Å²) in [5, 5.41) is 3.55. The number of nitrogens with one attached hydrogen (secondary N) is 1. The minimum Gasteiger partial charge on any atom is -0.273 e. The quantitative estimate of drug-likeness (QED) is 0.222. The van der Waals surface area contributed by atoms with Gasteiger partial charge in [0.25, 0.3) is 0 Å². The number of nitrogens with zero attached hydrogens (tertiary/aromatic N) is 1. The Kier molecular flexibility index (Phi) is 4.36. The number of hydrogen-bond acceptors (Lipinski definition) is 2. The molecule has 0 unspecified atom stereocenters. The third-order valence-corrected chi connectivity index (χ3v) is 2.98. The van der Waals surface area contributed by atoms with Gasteiger partial charge in [0, 0.05) is 6.21 Å². The molecule has 1 aliphatic carbocycles. The summed E-state index contributed by atoms with van der Waals surface area (Å²) in [6.45, 7) is 0. The second-order valence-electron chi connectivity index (χ2n) is 4.38. The molecule has 0 saturated carbocycles. The van der Waals surface area contributed by atoms with Crippen LogP contribution in [0.2, 0.25) is 0 Å². The normalized spacial score (nSPS) is 18.8. The van der Waals surface area contributed by atoms with Crippen LogP contribution in [0.1, 0.15) is 19.3 Å². The number of hydrogen-bond donors (Lipinski definition) is 1. The molecule has 1 aromatic carbocycles. The predicted molar refractivity (Wildman–Crippen MR) is 64.8 cm³/mol. The van der Waals surface area contributed by atoms with Crippen molar-refractivity contribution in [2.75, 3.05) is 5.43 Å². The van der Waals surface area contributed by atoms with E-state index in [-0.39, 0.29) is 5.92 Å². The van der Waals surface area contributed by atoms with Crippen molar-refractivity contribution in [1.29, 1.82) is 0 Å². The third kappa shape index (κ3) is 2.81. The van der Waals surface area contributed by atoms with Crippen LogP contribution in [-0.4, -0.2) is 6.21 Å². The molecule has 2 nitrogen and oxygen atoms in total. The standard InChI is InChI=1S/C13H11F5N2/c14-8-9(15)11(17)13(12(18)10(8)16)20-19-6-7-4-2-1-3-5-7/h1-2,6-7,20H,3-5H2/b19-6-/t7-/m0/s1. The van der Waals surface area contributed by atoms with Gasteiger partial charge in [-0.05, 0) is 25.2 Å². The molecule has 7 heteroatoms. The summed E-state index contributed by atoms with van der Waals surface area (Å²) in [5.74, 6) is -9.96. The second kappa shape index (κ2) is 6.02. The van der Waals surface area contributed by atoms with Gasteiger partial charge in [0.05, 0.1) is 0 Å². The molecular formula is C13H11F5N2. The van der Waals surface area contributed by atoms with Crippen molar-refractivity contribution in [1.82, 2.24) is 0 Å². The smallest absolute Gasteiger partial charge is 0.200 e. The van der Waals surface area contributed by atoms with Crippen LogP contribution >= 0.6 is 0 Å². The SMILES string of the molecule is Fc1c(F)c(F)c(N/N=C\[C@H]2CC=CCC2)c(F)c1F. The summed E-state index contributed by atoms with van der Waals surface area (Å²) in [4.78, 5) is 0. The van der Waals surface area contributed by atoms with Gasteiger partial charge in [-0.3, -0.25) is 5.43 Å². The van der Waals surface area contributed by atoms with Gasteiger partial charge in [0.15, 0.2) is 23.3 Å². The Labute approximate surface area is 112 Å². The summed E-state index contributed by atoms with van der Waals surface area (Å²) in [5.41, 5.74) is 0.737. The minimum atomic E-state index is -2.19. The van der Waals surface area contributed by atoms with Crippen molar-refractivity contribution < 1.29 is 22.0 Å². The number of benzene rings is 1. The fourth-order valence-electron chi connectivity index (χ4n) is 1.86. The zero-order valence-corrected chi connectivity index (χ0v) is 10.3. The van der Waals surface area contributed by atoms with E-state index in [0.717, 1.165) is 19.3 Å². The zero-order chi connectivity index (χ0) is 14.7. The fraction of sp³-hybridized carbons (Fsp3) is 0.308. The molecule has 2 rings (SSSR count). The van der Waals surface area contributed by atoms with Crippen molar-refractivity contribution in [2.45, 2.75) is 19.3 Å². The molecule has 0 fully saturated rings. The summed E-state index contributed by atoms with van der Waals surface area (Å²) in [6, 6.07) is 0. The lowest BCUT2D eigenvalue weighted by atomic mass is 9.96. The Balaban J connectivity index is 2.17. The molecule has 0 spiro atoms. The Morgan fingerprint density at radius 2 is 1.55 bits per heavy atom.